The summed E-state index contributed by atoms with van der Waals surface area (Å²) in [4.78, 5) is 26.1. The average Bonchev–Trinajstić information content (AvgIpc) is 3.28. The number of nitrogens with zero attached hydrogens (tertiary/aromatic N) is 4. The number of carbonyl (C=O) groups excluding carboxylic acids is 1. The van der Waals surface area contributed by atoms with E-state index in [1.165, 1.54) is 17.0 Å². The fraction of sp³-hybridized carbons (Fsp3) is 0.370. The van der Waals surface area contributed by atoms with Crippen molar-refractivity contribution in [2.45, 2.75) is 44.5 Å². The molecule has 12 heteroatoms. The zero-order valence-corrected chi connectivity index (χ0v) is 22.1. The number of aromatic nitrogens is 2. The Kier molecular flexibility index (Phi) is 7.06. The number of benzene rings is 1. The summed E-state index contributed by atoms with van der Waals surface area (Å²) in [6.45, 7) is 4.87. The van der Waals surface area contributed by atoms with Gasteiger partial charge in [-0.3, -0.25) is 10.2 Å². The summed E-state index contributed by atoms with van der Waals surface area (Å²) in [5.74, 6) is 0.866. The van der Waals surface area contributed by atoms with E-state index in [0.29, 0.717) is 43.3 Å². The predicted molar refractivity (Wildman–Crippen MR) is 142 cm³/mol. The molecule has 2 aliphatic heterocycles. The van der Waals surface area contributed by atoms with Crippen LogP contribution in [-0.4, -0.2) is 52.4 Å². The molecule has 0 saturated carbocycles. The molecule has 4 heterocycles. The van der Waals surface area contributed by atoms with Crippen LogP contribution in [-0.2, 0) is 6.18 Å². The lowest BCUT2D eigenvalue weighted by Crippen LogP contribution is -2.48. The molecule has 0 aliphatic carbocycles. The highest BCUT2D eigenvalue weighted by atomic mass is 35.5. The minimum absolute atomic E-state index is 0.155. The lowest BCUT2D eigenvalue weighted by Gasteiger charge is -2.36. The first-order chi connectivity index (χ1) is 18.4. The van der Waals surface area contributed by atoms with Crippen molar-refractivity contribution in [3.63, 3.8) is 0 Å². The van der Waals surface area contributed by atoms with Gasteiger partial charge in [-0.15, -0.1) is 0 Å². The van der Waals surface area contributed by atoms with Gasteiger partial charge in [0.1, 0.15) is 5.82 Å². The number of hydrogen-bond acceptors (Lipinski definition) is 6. The van der Waals surface area contributed by atoms with Gasteiger partial charge in [-0.25, -0.2) is 9.78 Å². The fourth-order valence-electron chi connectivity index (χ4n) is 4.67. The molecule has 2 aliphatic rings. The van der Waals surface area contributed by atoms with Gasteiger partial charge in [0.15, 0.2) is 5.82 Å². The molecule has 206 valence electrons. The molecular weight excluding hydrogens is 535 g/mol. The SMILES string of the molecule is CC(C)(O)CCOc1cccc(NC(=O)N2c3nc(-c4cccc(C(F)(F)F)c4)c(Cl)cc3N3CC[C@H]2C3)n1. The third-order valence-electron chi connectivity index (χ3n) is 6.64. The van der Waals surface area contributed by atoms with E-state index in [0.717, 1.165) is 12.1 Å². The molecule has 2 N–H and O–H groups in total. The fourth-order valence-corrected chi connectivity index (χ4v) is 4.93. The van der Waals surface area contributed by atoms with Crippen LogP contribution in [0.15, 0.2) is 48.5 Å². The standard InChI is InChI=1S/C27H27ClF3N5O3/c1-26(2,38)10-12-39-22-8-4-7-21(32-22)33-25(37)36-18-9-11-35(15-18)20-14-19(28)23(34-24(20)36)16-5-3-6-17(13-16)27(29,30)31/h3-8,13-14,18,38H,9-12,15H2,1-2H3,(H,32,33,37)/t18-/m0/s1. The van der Waals surface area contributed by atoms with Crippen molar-refractivity contribution in [3.05, 3.63) is 59.1 Å². The van der Waals surface area contributed by atoms with Crippen LogP contribution in [0.3, 0.4) is 0 Å². The Morgan fingerprint density at radius 2 is 1.95 bits per heavy atom. The number of carbonyl (C=O) groups is 1. The van der Waals surface area contributed by atoms with Gasteiger partial charge >= 0.3 is 12.2 Å². The monoisotopic (exact) mass is 561 g/mol. The van der Waals surface area contributed by atoms with E-state index in [4.69, 9.17) is 16.3 Å². The summed E-state index contributed by atoms with van der Waals surface area (Å²) in [6.07, 6.45) is -3.43. The van der Waals surface area contributed by atoms with Crippen LogP contribution in [0.4, 0.5) is 35.3 Å². The third-order valence-corrected chi connectivity index (χ3v) is 6.93. The molecule has 1 fully saturated rings. The smallest absolute Gasteiger partial charge is 0.416 e. The number of aliphatic hydroxyl groups is 1. The minimum atomic E-state index is -4.52. The highest BCUT2D eigenvalue weighted by Crippen LogP contribution is 2.43. The van der Waals surface area contributed by atoms with Gasteiger partial charge in [-0.2, -0.15) is 18.2 Å². The highest BCUT2D eigenvalue weighted by Gasteiger charge is 2.41. The molecule has 0 radical (unpaired) electrons. The largest absolute Gasteiger partial charge is 0.477 e. The number of fused-ring (bicyclic) bond motifs is 4. The second-order valence-electron chi connectivity index (χ2n) is 10.2. The quantitative estimate of drug-likeness (QED) is 0.384. The molecule has 8 nitrogen and oxygen atoms in total. The van der Waals surface area contributed by atoms with Crippen molar-refractivity contribution in [1.82, 2.24) is 9.97 Å². The first kappa shape index (κ1) is 27.0. The Morgan fingerprint density at radius 3 is 2.69 bits per heavy atom. The van der Waals surface area contributed by atoms with Crippen LogP contribution < -0.4 is 19.9 Å². The Hall–Kier alpha value is -3.57. The van der Waals surface area contributed by atoms with E-state index >= 15 is 0 Å². The number of urea groups is 1. The van der Waals surface area contributed by atoms with Gasteiger partial charge in [-0.05, 0) is 44.5 Å². The number of anilines is 3. The lowest BCUT2D eigenvalue weighted by molar-refractivity contribution is -0.137. The van der Waals surface area contributed by atoms with E-state index in [1.54, 1.807) is 38.1 Å². The number of halogens is 4. The minimum Gasteiger partial charge on any atom is -0.477 e. The van der Waals surface area contributed by atoms with Gasteiger partial charge < -0.3 is 14.7 Å². The van der Waals surface area contributed by atoms with Crippen molar-refractivity contribution in [2.24, 2.45) is 0 Å². The predicted octanol–water partition coefficient (Wildman–Crippen LogP) is 5.99. The van der Waals surface area contributed by atoms with Crippen molar-refractivity contribution < 1.29 is 27.8 Å². The Bertz CT molecular complexity index is 1400. The second-order valence-corrected chi connectivity index (χ2v) is 10.6. The van der Waals surface area contributed by atoms with E-state index in [9.17, 15) is 23.1 Å². The normalized spacial score (nSPS) is 16.7. The Labute approximate surface area is 228 Å². The molecule has 0 unspecified atom stereocenters. The summed E-state index contributed by atoms with van der Waals surface area (Å²) in [5.41, 5.74) is -0.711. The van der Waals surface area contributed by atoms with E-state index in [2.05, 4.69) is 20.2 Å². The van der Waals surface area contributed by atoms with Gasteiger partial charge in [0.05, 0.1) is 40.2 Å². The number of amides is 2. The molecule has 39 heavy (non-hydrogen) atoms. The summed E-state index contributed by atoms with van der Waals surface area (Å²) < 4.78 is 45.7. The number of nitrogens with one attached hydrogen (secondary N) is 1. The van der Waals surface area contributed by atoms with Crippen LogP contribution in [0.25, 0.3) is 11.3 Å². The number of pyridine rings is 2. The van der Waals surface area contributed by atoms with E-state index in [1.807, 2.05) is 0 Å². The molecule has 1 saturated heterocycles. The molecule has 5 rings (SSSR count). The molecule has 1 atom stereocenters. The van der Waals surface area contributed by atoms with Crippen LogP contribution in [0.5, 0.6) is 5.88 Å². The van der Waals surface area contributed by atoms with E-state index in [-0.39, 0.29) is 34.7 Å². The highest BCUT2D eigenvalue weighted by molar-refractivity contribution is 6.33. The summed E-state index contributed by atoms with van der Waals surface area (Å²) >= 11 is 6.51. The van der Waals surface area contributed by atoms with Gasteiger partial charge in [-0.1, -0.05) is 29.8 Å². The maximum absolute atomic E-state index is 13.6. The number of alkyl halides is 3. The summed E-state index contributed by atoms with van der Waals surface area (Å²) in [5, 5.41) is 12.9. The third kappa shape index (κ3) is 5.89. The maximum Gasteiger partial charge on any atom is 0.416 e. The van der Waals surface area contributed by atoms with Crippen LogP contribution in [0.2, 0.25) is 5.02 Å². The lowest BCUT2D eigenvalue weighted by atomic mass is 10.1. The van der Waals surface area contributed by atoms with Crippen molar-refractivity contribution in [1.29, 1.82) is 0 Å². The second kappa shape index (κ2) is 10.2. The first-order valence-corrected chi connectivity index (χ1v) is 12.8. The molecule has 0 spiro atoms. The summed E-state index contributed by atoms with van der Waals surface area (Å²) in [6, 6.07) is 10.7. The van der Waals surface area contributed by atoms with Crippen LogP contribution >= 0.6 is 11.6 Å². The molecule has 2 amide bonds. The van der Waals surface area contributed by atoms with Crippen molar-refractivity contribution >= 4 is 35.0 Å². The topological polar surface area (TPSA) is 90.8 Å². The van der Waals surface area contributed by atoms with Crippen molar-refractivity contribution in [2.75, 3.05) is 34.8 Å². The van der Waals surface area contributed by atoms with Gasteiger partial charge in [0.2, 0.25) is 5.88 Å². The zero-order valence-electron chi connectivity index (χ0n) is 21.3. The molecule has 2 bridgehead atoms. The van der Waals surface area contributed by atoms with Crippen LogP contribution in [0.1, 0.15) is 32.3 Å². The van der Waals surface area contributed by atoms with Crippen LogP contribution in [0, 0.1) is 0 Å². The molecule has 2 aromatic heterocycles. The van der Waals surface area contributed by atoms with Crippen molar-refractivity contribution in [3.8, 4) is 17.1 Å². The first-order valence-electron chi connectivity index (χ1n) is 12.4. The van der Waals surface area contributed by atoms with E-state index < -0.39 is 23.4 Å². The molecule has 3 aromatic rings. The number of hydrogen-bond donors (Lipinski definition) is 2. The molecule has 1 aromatic carbocycles. The Balaban J connectivity index is 1.43. The van der Waals surface area contributed by atoms with Gasteiger partial charge in [0, 0.05) is 31.1 Å². The zero-order chi connectivity index (χ0) is 27.9. The average molecular weight is 562 g/mol. The summed E-state index contributed by atoms with van der Waals surface area (Å²) in [7, 11) is 0. The number of ether oxygens (including phenoxy) is 1. The Morgan fingerprint density at radius 1 is 1.18 bits per heavy atom. The molecular formula is C27H27ClF3N5O3. The maximum atomic E-state index is 13.6. The number of rotatable bonds is 6. The van der Waals surface area contributed by atoms with Gasteiger partial charge in [0.25, 0.3) is 0 Å².